The van der Waals surface area contributed by atoms with Gasteiger partial charge in [0.05, 0.1) is 11.5 Å². The van der Waals surface area contributed by atoms with Gasteiger partial charge in [-0.25, -0.2) is 4.39 Å². The summed E-state index contributed by atoms with van der Waals surface area (Å²) in [6.07, 6.45) is 0.577. The fraction of sp³-hybridized carbons (Fsp3) is 0.500. The second-order valence-electron chi connectivity index (χ2n) is 4.30. The van der Waals surface area contributed by atoms with E-state index in [-0.39, 0.29) is 12.4 Å². The van der Waals surface area contributed by atoms with Gasteiger partial charge in [-0.3, -0.25) is 10.1 Å². The van der Waals surface area contributed by atoms with Crippen molar-refractivity contribution in [3.63, 3.8) is 0 Å². The molecule has 0 saturated carbocycles. The molecule has 1 N–H and O–H groups in total. The number of nitro groups is 1. The lowest BCUT2D eigenvalue weighted by molar-refractivity contribution is -0.388. The van der Waals surface area contributed by atoms with Crippen LogP contribution in [0.1, 0.15) is 20.3 Å². The molecule has 0 radical (unpaired) electrons. The van der Waals surface area contributed by atoms with Gasteiger partial charge in [-0.05, 0) is 13.0 Å². The summed E-state index contributed by atoms with van der Waals surface area (Å²) in [5, 5.41) is 13.8. The lowest BCUT2D eigenvalue weighted by atomic mass is 10.2. The van der Waals surface area contributed by atoms with Crippen molar-refractivity contribution in [2.75, 3.05) is 13.2 Å². The minimum absolute atomic E-state index is 0.142. The Balaban J connectivity index is 2.64. The van der Waals surface area contributed by atoms with Crippen LogP contribution in [-0.2, 0) is 0 Å². The van der Waals surface area contributed by atoms with E-state index in [1.165, 1.54) is 0 Å². The molecule has 106 valence electrons. The molecule has 19 heavy (non-hydrogen) atoms. The second kappa shape index (κ2) is 6.98. The highest BCUT2D eigenvalue weighted by molar-refractivity contribution is 5.47. The molecule has 0 heterocycles. The van der Waals surface area contributed by atoms with E-state index in [2.05, 4.69) is 5.32 Å². The zero-order valence-corrected chi connectivity index (χ0v) is 10.8. The van der Waals surface area contributed by atoms with Gasteiger partial charge in [0.25, 0.3) is 0 Å². The zero-order chi connectivity index (χ0) is 14.4. The van der Waals surface area contributed by atoms with E-state index in [1.807, 2.05) is 13.8 Å². The maximum atomic E-state index is 13.3. The molecule has 1 aromatic rings. The van der Waals surface area contributed by atoms with Gasteiger partial charge in [0, 0.05) is 18.2 Å². The minimum Gasteiger partial charge on any atom is -0.487 e. The molecular formula is C12H16F2N2O3. The van der Waals surface area contributed by atoms with Crippen molar-refractivity contribution in [3.05, 3.63) is 33.9 Å². The van der Waals surface area contributed by atoms with Crippen LogP contribution < -0.4 is 10.1 Å². The molecular weight excluding hydrogens is 258 g/mol. The molecule has 0 bridgehead atoms. The lowest BCUT2D eigenvalue weighted by Crippen LogP contribution is -2.24. The van der Waals surface area contributed by atoms with Crippen LogP contribution in [0.4, 0.5) is 14.5 Å². The quantitative estimate of drug-likeness (QED) is 0.471. The van der Waals surface area contributed by atoms with E-state index in [0.717, 1.165) is 6.07 Å². The Hall–Kier alpha value is -1.76. The van der Waals surface area contributed by atoms with Crippen molar-refractivity contribution < 1.29 is 18.4 Å². The van der Waals surface area contributed by atoms with Gasteiger partial charge >= 0.3 is 5.69 Å². The van der Waals surface area contributed by atoms with Crippen LogP contribution in [-0.4, -0.2) is 24.1 Å². The van der Waals surface area contributed by atoms with Gasteiger partial charge < -0.3 is 10.1 Å². The molecule has 0 amide bonds. The van der Waals surface area contributed by atoms with Gasteiger partial charge in [-0.1, -0.05) is 13.8 Å². The summed E-state index contributed by atoms with van der Waals surface area (Å²) in [5.74, 6) is -2.52. The van der Waals surface area contributed by atoms with E-state index in [1.54, 1.807) is 0 Å². The molecule has 1 aromatic carbocycles. The average molecular weight is 274 g/mol. The van der Waals surface area contributed by atoms with Gasteiger partial charge in [0.2, 0.25) is 11.6 Å². The number of halogens is 2. The van der Waals surface area contributed by atoms with E-state index < -0.39 is 22.2 Å². The molecule has 0 saturated heterocycles. The Morgan fingerprint density at radius 3 is 2.68 bits per heavy atom. The molecule has 0 atom stereocenters. The molecule has 0 aliphatic rings. The van der Waals surface area contributed by atoms with Gasteiger partial charge in [-0.15, -0.1) is 0 Å². The number of hydrogen-bond acceptors (Lipinski definition) is 4. The fourth-order valence-electron chi connectivity index (χ4n) is 1.47. The summed E-state index contributed by atoms with van der Waals surface area (Å²) >= 11 is 0. The first-order chi connectivity index (χ1) is 8.91. The van der Waals surface area contributed by atoms with Crippen LogP contribution in [0.15, 0.2) is 12.1 Å². The number of benzene rings is 1. The zero-order valence-electron chi connectivity index (χ0n) is 10.8. The fourth-order valence-corrected chi connectivity index (χ4v) is 1.47. The maximum absolute atomic E-state index is 13.3. The van der Waals surface area contributed by atoms with Crippen LogP contribution in [0.25, 0.3) is 0 Å². The first kappa shape index (κ1) is 15.3. The molecule has 0 aliphatic heterocycles. The average Bonchev–Trinajstić information content (AvgIpc) is 2.26. The topological polar surface area (TPSA) is 64.4 Å². The third kappa shape index (κ3) is 4.78. The Kier molecular flexibility index (Phi) is 5.62. The highest BCUT2D eigenvalue weighted by Gasteiger charge is 2.23. The van der Waals surface area contributed by atoms with Gasteiger partial charge in [0.15, 0.2) is 0 Å². The third-order valence-corrected chi connectivity index (χ3v) is 2.31. The van der Waals surface area contributed by atoms with Crippen molar-refractivity contribution in [2.45, 2.75) is 26.3 Å². The van der Waals surface area contributed by atoms with Gasteiger partial charge in [0.1, 0.15) is 5.82 Å². The van der Waals surface area contributed by atoms with E-state index in [4.69, 9.17) is 4.74 Å². The van der Waals surface area contributed by atoms with Crippen LogP contribution in [0.2, 0.25) is 0 Å². The first-order valence-electron chi connectivity index (χ1n) is 5.91. The molecule has 0 aliphatic carbocycles. The number of nitrogens with one attached hydrogen (secondary N) is 1. The Labute approximate surface area is 109 Å². The molecule has 0 unspecified atom stereocenters. The summed E-state index contributed by atoms with van der Waals surface area (Å²) in [6, 6.07) is 1.60. The predicted octanol–water partition coefficient (Wildman–Crippen LogP) is 2.64. The number of hydrogen-bond donors (Lipinski definition) is 1. The lowest BCUT2D eigenvalue weighted by Gasteiger charge is -2.09. The summed E-state index contributed by atoms with van der Waals surface area (Å²) in [5.41, 5.74) is -0.835. The summed E-state index contributed by atoms with van der Waals surface area (Å²) < 4.78 is 31.3. The second-order valence-corrected chi connectivity index (χ2v) is 4.30. The van der Waals surface area contributed by atoms with Crippen LogP contribution in [0.3, 0.4) is 0 Å². The van der Waals surface area contributed by atoms with Crippen LogP contribution in [0, 0.1) is 21.7 Å². The summed E-state index contributed by atoms with van der Waals surface area (Å²) in [6.45, 7) is 4.76. The van der Waals surface area contributed by atoms with Crippen molar-refractivity contribution in [3.8, 4) is 5.75 Å². The highest BCUT2D eigenvalue weighted by Crippen LogP contribution is 2.30. The third-order valence-electron chi connectivity index (χ3n) is 2.31. The van der Waals surface area contributed by atoms with Crippen molar-refractivity contribution in [1.82, 2.24) is 5.32 Å². The Morgan fingerprint density at radius 2 is 2.11 bits per heavy atom. The molecule has 0 fully saturated rings. The standard InChI is InChI=1S/C12H16F2N2O3/c1-8(2)15-4-3-5-19-11-7-9(13)6-10(14)12(11)16(17)18/h6-8,15H,3-5H2,1-2H3. The number of ether oxygens (including phenoxy) is 1. The Bertz CT molecular complexity index is 453. The Morgan fingerprint density at radius 1 is 1.42 bits per heavy atom. The molecule has 0 spiro atoms. The van der Waals surface area contributed by atoms with Gasteiger partial charge in [-0.2, -0.15) is 4.39 Å². The SMILES string of the molecule is CC(C)NCCCOc1cc(F)cc(F)c1[N+](=O)[O-]. The molecule has 0 aromatic heterocycles. The molecule has 1 rings (SSSR count). The van der Waals surface area contributed by atoms with Crippen molar-refractivity contribution in [1.29, 1.82) is 0 Å². The normalized spacial score (nSPS) is 10.8. The largest absolute Gasteiger partial charge is 0.487 e. The number of nitrogens with zero attached hydrogens (tertiary/aromatic N) is 1. The van der Waals surface area contributed by atoms with Crippen LogP contribution >= 0.6 is 0 Å². The molecule has 5 nitrogen and oxygen atoms in total. The summed E-state index contributed by atoms with van der Waals surface area (Å²) in [4.78, 5) is 9.76. The predicted molar refractivity (Wildman–Crippen MR) is 66.3 cm³/mol. The summed E-state index contributed by atoms with van der Waals surface area (Å²) in [7, 11) is 0. The molecule has 7 heteroatoms. The van der Waals surface area contributed by atoms with Crippen LogP contribution in [0.5, 0.6) is 5.75 Å². The monoisotopic (exact) mass is 274 g/mol. The van der Waals surface area contributed by atoms with E-state index in [0.29, 0.717) is 25.1 Å². The minimum atomic E-state index is -1.24. The number of nitro benzene ring substituents is 1. The highest BCUT2D eigenvalue weighted by atomic mass is 19.1. The smallest absolute Gasteiger partial charge is 0.346 e. The van der Waals surface area contributed by atoms with Crippen molar-refractivity contribution >= 4 is 5.69 Å². The van der Waals surface area contributed by atoms with Crippen molar-refractivity contribution in [2.24, 2.45) is 0 Å². The maximum Gasteiger partial charge on any atom is 0.346 e. The van der Waals surface area contributed by atoms with E-state index in [9.17, 15) is 18.9 Å². The first-order valence-corrected chi connectivity index (χ1v) is 5.91. The number of rotatable bonds is 7. The van der Waals surface area contributed by atoms with E-state index >= 15 is 0 Å².